The van der Waals surface area contributed by atoms with Gasteiger partial charge < -0.3 is 4.42 Å². The normalized spacial score (nSPS) is 11.1. The second-order valence-corrected chi connectivity index (χ2v) is 8.75. The summed E-state index contributed by atoms with van der Waals surface area (Å²) in [6.07, 6.45) is 2.13. The molecule has 0 saturated heterocycles. The molecule has 0 saturated carbocycles. The van der Waals surface area contributed by atoms with Crippen LogP contribution in [0.15, 0.2) is 77.2 Å². The van der Waals surface area contributed by atoms with E-state index in [4.69, 9.17) is 4.42 Å². The van der Waals surface area contributed by atoms with Gasteiger partial charge in [-0.1, -0.05) is 60.7 Å². The molecule has 0 fully saturated rings. The summed E-state index contributed by atoms with van der Waals surface area (Å²) < 4.78 is 6.30. The average Bonchev–Trinajstić information content (AvgIpc) is 3.08. The average molecular weight is 369 g/mol. The molecule has 3 rings (SSSR count). The van der Waals surface area contributed by atoms with Crippen LogP contribution in [-0.2, 0) is 17.9 Å². The van der Waals surface area contributed by atoms with Crippen LogP contribution in [0.5, 0.6) is 0 Å². The third-order valence-corrected chi connectivity index (χ3v) is 7.01. The Morgan fingerprint density at radius 2 is 1.32 bits per heavy atom. The highest BCUT2D eigenvalue weighted by atomic mass is 32.2. The van der Waals surface area contributed by atoms with Crippen LogP contribution in [0.1, 0.15) is 29.1 Å². The van der Waals surface area contributed by atoms with Crippen molar-refractivity contribution >= 4 is 23.5 Å². The number of benzene rings is 2. The monoisotopic (exact) mass is 368 g/mol. The minimum atomic E-state index is 0.561. The molecule has 0 N–H and O–H groups in total. The Hall–Kier alpha value is -1.58. The molecule has 25 heavy (non-hydrogen) atoms. The van der Waals surface area contributed by atoms with Gasteiger partial charge in [0.2, 0.25) is 0 Å². The maximum absolute atomic E-state index is 5.74. The molecule has 130 valence electrons. The lowest BCUT2D eigenvalue weighted by molar-refractivity contribution is 0.480. The first kappa shape index (κ1) is 18.2. The minimum Gasteiger partial charge on any atom is -0.466 e. The summed E-state index contributed by atoms with van der Waals surface area (Å²) in [6, 6.07) is 25.6. The second-order valence-electron chi connectivity index (χ2n) is 6.07. The molecular formula is C22H24OS2. The van der Waals surface area contributed by atoms with Crippen molar-refractivity contribution in [1.29, 1.82) is 0 Å². The van der Waals surface area contributed by atoms with Crippen LogP contribution in [0.4, 0.5) is 0 Å². The topological polar surface area (TPSA) is 13.1 Å². The highest BCUT2D eigenvalue weighted by Gasteiger charge is 2.12. The van der Waals surface area contributed by atoms with Crippen molar-refractivity contribution in [3.63, 3.8) is 0 Å². The van der Waals surface area contributed by atoms with Gasteiger partial charge in [0.1, 0.15) is 11.5 Å². The Morgan fingerprint density at radius 3 is 1.80 bits per heavy atom. The summed E-state index contributed by atoms with van der Waals surface area (Å²) in [5.41, 5.74) is 2.79. The van der Waals surface area contributed by atoms with E-state index in [-0.39, 0.29) is 0 Å². The molecule has 1 nitrogen and oxygen atoms in total. The molecule has 1 heterocycles. The summed E-state index contributed by atoms with van der Waals surface area (Å²) >= 11 is 4.08. The molecule has 0 atom stereocenters. The highest BCUT2D eigenvalue weighted by molar-refractivity contribution is 8.16. The van der Waals surface area contributed by atoms with Crippen molar-refractivity contribution in [3.8, 4) is 0 Å². The summed E-state index contributed by atoms with van der Waals surface area (Å²) in [7, 11) is 0. The summed E-state index contributed by atoms with van der Waals surface area (Å²) in [4.78, 5) is 0. The standard InChI is InChI=1S/C22H24OS2/c1-18-12-13-21(23-18)14-15-22(24-16-19-8-4-2-5-9-19)25-17-20-10-6-3-7-11-20/h2-13,22H,14-17H2,1H3. The predicted octanol–water partition coefficient (Wildman–Crippen LogP) is 6.71. The van der Waals surface area contributed by atoms with E-state index in [2.05, 4.69) is 72.8 Å². The number of hydrogen-bond donors (Lipinski definition) is 0. The van der Waals surface area contributed by atoms with E-state index >= 15 is 0 Å². The second kappa shape index (κ2) is 9.79. The number of hydrogen-bond acceptors (Lipinski definition) is 3. The van der Waals surface area contributed by atoms with Gasteiger partial charge in [-0.3, -0.25) is 0 Å². The van der Waals surface area contributed by atoms with Crippen LogP contribution in [0.3, 0.4) is 0 Å². The lowest BCUT2D eigenvalue weighted by Gasteiger charge is -2.16. The van der Waals surface area contributed by atoms with Gasteiger partial charge in [-0.25, -0.2) is 0 Å². The molecule has 3 heteroatoms. The van der Waals surface area contributed by atoms with E-state index in [9.17, 15) is 0 Å². The molecule has 0 unspecified atom stereocenters. The van der Waals surface area contributed by atoms with Gasteiger partial charge in [-0.2, -0.15) is 0 Å². The first-order chi connectivity index (χ1) is 12.3. The first-order valence-corrected chi connectivity index (χ1v) is 10.8. The van der Waals surface area contributed by atoms with Crippen molar-refractivity contribution in [2.45, 2.75) is 35.9 Å². The van der Waals surface area contributed by atoms with Crippen LogP contribution in [-0.4, -0.2) is 4.58 Å². The Labute approximate surface area is 159 Å². The van der Waals surface area contributed by atoms with E-state index in [0.717, 1.165) is 35.9 Å². The van der Waals surface area contributed by atoms with Gasteiger partial charge in [-0.05, 0) is 36.6 Å². The molecule has 0 aliphatic rings. The number of aryl methyl sites for hydroxylation is 2. The number of furan rings is 1. The maximum Gasteiger partial charge on any atom is 0.104 e. The maximum atomic E-state index is 5.74. The molecule has 0 aliphatic heterocycles. The van der Waals surface area contributed by atoms with Crippen LogP contribution >= 0.6 is 23.5 Å². The molecule has 0 radical (unpaired) electrons. The van der Waals surface area contributed by atoms with Crippen LogP contribution in [0.2, 0.25) is 0 Å². The quantitative estimate of drug-likeness (QED) is 0.389. The van der Waals surface area contributed by atoms with Gasteiger partial charge in [0.15, 0.2) is 0 Å². The number of rotatable bonds is 9. The van der Waals surface area contributed by atoms with Gasteiger partial charge in [0.05, 0.1) is 4.58 Å². The largest absolute Gasteiger partial charge is 0.466 e. The third-order valence-electron chi connectivity index (χ3n) is 3.98. The Bertz CT molecular complexity index is 693. The van der Waals surface area contributed by atoms with Crippen molar-refractivity contribution in [2.24, 2.45) is 0 Å². The van der Waals surface area contributed by atoms with E-state index in [1.807, 2.05) is 30.4 Å². The van der Waals surface area contributed by atoms with E-state index in [1.165, 1.54) is 11.1 Å². The predicted molar refractivity (Wildman–Crippen MR) is 111 cm³/mol. The molecule has 0 amide bonds. The van der Waals surface area contributed by atoms with Crippen LogP contribution < -0.4 is 0 Å². The highest BCUT2D eigenvalue weighted by Crippen LogP contribution is 2.33. The molecule has 0 spiro atoms. The van der Waals surface area contributed by atoms with E-state index in [0.29, 0.717) is 4.58 Å². The molecule has 0 aliphatic carbocycles. The van der Waals surface area contributed by atoms with Crippen LogP contribution in [0, 0.1) is 6.92 Å². The van der Waals surface area contributed by atoms with Gasteiger partial charge in [-0.15, -0.1) is 23.5 Å². The lowest BCUT2D eigenvalue weighted by atomic mass is 10.2. The fourth-order valence-corrected chi connectivity index (χ4v) is 5.12. The SMILES string of the molecule is Cc1ccc(CCC(SCc2ccccc2)SCc2ccccc2)o1. The summed E-state index contributed by atoms with van der Waals surface area (Å²) in [5.74, 6) is 4.22. The van der Waals surface area contributed by atoms with Gasteiger partial charge in [0, 0.05) is 17.9 Å². The summed E-state index contributed by atoms with van der Waals surface area (Å²) in [5, 5.41) is 0. The molecule has 0 bridgehead atoms. The fraction of sp³-hybridized carbons (Fsp3) is 0.273. The Kier molecular flexibility index (Phi) is 7.13. The summed E-state index contributed by atoms with van der Waals surface area (Å²) in [6.45, 7) is 2.01. The third kappa shape index (κ3) is 6.33. The van der Waals surface area contributed by atoms with E-state index in [1.54, 1.807) is 0 Å². The first-order valence-electron chi connectivity index (χ1n) is 8.66. The lowest BCUT2D eigenvalue weighted by Crippen LogP contribution is -2.01. The zero-order chi connectivity index (χ0) is 17.3. The van der Waals surface area contributed by atoms with Crippen molar-refractivity contribution < 1.29 is 4.42 Å². The van der Waals surface area contributed by atoms with Crippen molar-refractivity contribution in [2.75, 3.05) is 0 Å². The van der Waals surface area contributed by atoms with Crippen molar-refractivity contribution in [3.05, 3.63) is 95.4 Å². The molecule has 3 aromatic rings. The Balaban J connectivity index is 1.56. The van der Waals surface area contributed by atoms with E-state index < -0.39 is 0 Å². The fourth-order valence-electron chi connectivity index (χ4n) is 2.62. The molecule has 1 aromatic heterocycles. The Morgan fingerprint density at radius 1 is 0.760 bits per heavy atom. The molecule has 2 aromatic carbocycles. The minimum absolute atomic E-state index is 0.561. The molecular weight excluding hydrogens is 344 g/mol. The zero-order valence-corrected chi connectivity index (χ0v) is 16.2. The number of thioether (sulfide) groups is 2. The van der Waals surface area contributed by atoms with Gasteiger partial charge >= 0.3 is 0 Å². The zero-order valence-electron chi connectivity index (χ0n) is 14.6. The van der Waals surface area contributed by atoms with Gasteiger partial charge in [0.25, 0.3) is 0 Å². The smallest absolute Gasteiger partial charge is 0.104 e. The van der Waals surface area contributed by atoms with Crippen molar-refractivity contribution in [1.82, 2.24) is 0 Å². The van der Waals surface area contributed by atoms with Crippen LogP contribution in [0.25, 0.3) is 0 Å².